The molecular formula is C22H20N2O2. The van der Waals surface area contributed by atoms with Crippen molar-refractivity contribution >= 4 is 11.6 Å². The number of benzene rings is 2. The van der Waals surface area contributed by atoms with E-state index in [1.54, 1.807) is 0 Å². The van der Waals surface area contributed by atoms with Gasteiger partial charge in [0.05, 0.1) is 11.1 Å². The summed E-state index contributed by atoms with van der Waals surface area (Å²) in [5.74, 6) is 0.885. The lowest BCUT2D eigenvalue weighted by atomic mass is 9.95. The number of hydrogen-bond acceptors (Lipinski definition) is 3. The smallest absolute Gasteiger partial charge is 0.239 e. The molecular weight excluding hydrogens is 324 g/mol. The van der Waals surface area contributed by atoms with E-state index in [-0.39, 0.29) is 5.91 Å². The van der Waals surface area contributed by atoms with Gasteiger partial charge in [-0.05, 0) is 37.3 Å². The molecule has 26 heavy (non-hydrogen) atoms. The van der Waals surface area contributed by atoms with E-state index in [0.717, 1.165) is 54.9 Å². The van der Waals surface area contributed by atoms with Crippen molar-refractivity contribution in [2.45, 2.75) is 31.1 Å². The lowest BCUT2D eigenvalue weighted by molar-refractivity contribution is -0.121. The molecule has 4 heteroatoms. The zero-order valence-corrected chi connectivity index (χ0v) is 14.5. The summed E-state index contributed by atoms with van der Waals surface area (Å²) in [6.07, 6.45) is 3.72. The number of amides is 1. The normalized spacial score (nSPS) is 17.6. The summed E-state index contributed by atoms with van der Waals surface area (Å²) >= 11 is 0. The highest BCUT2D eigenvalue weighted by atomic mass is 16.5. The average molecular weight is 344 g/mol. The largest absolute Gasteiger partial charge is 0.356 e. The minimum Gasteiger partial charge on any atom is -0.356 e. The van der Waals surface area contributed by atoms with Crippen LogP contribution >= 0.6 is 0 Å². The Labute approximate surface area is 152 Å². The van der Waals surface area contributed by atoms with Crippen molar-refractivity contribution in [2.75, 3.05) is 11.4 Å². The SMILES string of the molecule is O=C(N1CCCc2ccccc21)C1(c2cc(-c3ccccc3)on2)CC1. The predicted molar refractivity (Wildman–Crippen MR) is 100.0 cm³/mol. The van der Waals surface area contributed by atoms with Crippen LogP contribution in [0.3, 0.4) is 0 Å². The van der Waals surface area contributed by atoms with Crippen molar-refractivity contribution < 1.29 is 9.32 Å². The van der Waals surface area contributed by atoms with Crippen LogP contribution in [0.5, 0.6) is 0 Å². The van der Waals surface area contributed by atoms with Crippen LogP contribution in [0.4, 0.5) is 5.69 Å². The van der Waals surface area contributed by atoms with Gasteiger partial charge in [0, 0.05) is 23.9 Å². The molecule has 1 aromatic heterocycles. The highest BCUT2D eigenvalue weighted by Crippen LogP contribution is 2.50. The molecule has 0 saturated heterocycles. The lowest BCUT2D eigenvalue weighted by Gasteiger charge is -2.32. The Hall–Kier alpha value is -2.88. The zero-order chi connectivity index (χ0) is 17.6. The lowest BCUT2D eigenvalue weighted by Crippen LogP contribution is -2.42. The Kier molecular flexibility index (Phi) is 3.45. The monoisotopic (exact) mass is 344 g/mol. The van der Waals surface area contributed by atoms with Crippen LogP contribution in [0.15, 0.2) is 65.2 Å². The second-order valence-electron chi connectivity index (χ2n) is 7.21. The van der Waals surface area contributed by atoms with Crippen molar-refractivity contribution in [1.29, 1.82) is 0 Å². The van der Waals surface area contributed by atoms with Gasteiger partial charge in [-0.3, -0.25) is 4.79 Å². The minimum atomic E-state index is -0.513. The predicted octanol–water partition coefficient (Wildman–Crippen LogP) is 4.35. The molecule has 0 radical (unpaired) electrons. The van der Waals surface area contributed by atoms with Crippen LogP contribution in [0, 0.1) is 0 Å². The molecule has 5 rings (SSSR count). The molecule has 0 spiro atoms. The fourth-order valence-corrected chi connectivity index (χ4v) is 3.95. The van der Waals surface area contributed by atoms with E-state index in [4.69, 9.17) is 4.52 Å². The van der Waals surface area contributed by atoms with Gasteiger partial charge in [-0.2, -0.15) is 0 Å². The Morgan fingerprint density at radius 1 is 1.04 bits per heavy atom. The molecule has 1 aliphatic heterocycles. The van der Waals surface area contributed by atoms with Gasteiger partial charge >= 0.3 is 0 Å². The number of aromatic nitrogens is 1. The fraction of sp³-hybridized carbons (Fsp3) is 0.273. The zero-order valence-electron chi connectivity index (χ0n) is 14.5. The van der Waals surface area contributed by atoms with Crippen molar-refractivity contribution in [1.82, 2.24) is 5.16 Å². The number of nitrogens with zero attached hydrogens (tertiary/aromatic N) is 2. The van der Waals surface area contributed by atoms with E-state index in [1.165, 1.54) is 5.56 Å². The standard InChI is InChI=1S/C22H20N2O2/c25-21(24-14-6-10-16-7-4-5-11-18(16)24)22(12-13-22)20-15-19(26-23-20)17-8-2-1-3-9-17/h1-5,7-9,11,15H,6,10,12-14H2. The summed E-state index contributed by atoms with van der Waals surface area (Å²) in [5.41, 5.74) is 3.55. The maximum atomic E-state index is 13.4. The quantitative estimate of drug-likeness (QED) is 0.709. The summed E-state index contributed by atoms with van der Waals surface area (Å²) in [6.45, 7) is 0.779. The molecule has 0 unspecified atom stereocenters. The first-order valence-corrected chi connectivity index (χ1v) is 9.20. The number of carbonyl (C=O) groups is 1. The molecule has 4 nitrogen and oxygen atoms in total. The van der Waals surface area contributed by atoms with Crippen molar-refractivity contribution in [3.63, 3.8) is 0 Å². The Balaban J connectivity index is 1.47. The fourth-order valence-electron chi connectivity index (χ4n) is 3.95. The van der Waals surface area contributed by atoms with Gasteiger partial charge in [-0.15, -0.1) is 0 Å². The van der Waals surface area contributed by atoms with Gasteiger partial charge < -0.3 is 9.42 Å². The van der Waals surface area contributed by atoms with Crippen LogP contribution in [0.25, 0.3) is 11.3 Å². The first-order valence-electron chi connectivity index (χ1n) is 9.20. The van der Waals surface area contributed by atoms with Gasteiger partial charge in [0.25, 0.3) is 0 Å². The van der Waals surface area contributed by atoms with E-state index < -0.39 is 5.41 Å². The van der Waals surface area contributed by atoms with Crippen LogP contribution in [-0.2, 0) is 16.6 Å². The summed E-state index contributed by atoms with van der Waals surface area (Å²) < 4.78 is 5.56. The summed E-state index contributed by atoms with van der Waals surface area (Å²) in [6, 6.07) is 20.1. The molecule has 1 aliphatic carbocycles. The summed E-state index contributed by atoms with van der Waals surface area (Å²) in [7, 11) is 0. The third-order valence-electron chi connectivity index (χ3n) is 5.57. The number of anilines is 1. The number of carbonyl (C=O) groups excluding carboxylic acids is 1. The highest BCUT2D eigenvalue weighted by Gasteiger charge is 2.56. The topological polar surface area (TPSA) is 46.3 Å². The third kappa shape index (κ3) is 2.37. The molecule has 0 atom stereocenters. The van der Waals surface area contributed by atoms with Crippen LogP contribution in [0.1, 0.15) is 30.5 Å². The number of aryl methyl sites for hydroxylation is 1. The van der Waals surface area contributed by atoms with Gasteiger partial charge in [-0.1, -0.05) is 53.7 Å². The average Bonchev–Trinajstić information content (AvgIpc) is 3.37. The van der Waals surface area contributed by atoms with E-state index >= 15 is 0 Å². The number of fused-ring (bicyclic) bond motifs is 1. The summed E-state index contributed by atoms with van der Waals surface area (Å²) in [5, 5.41) is 4.28. The maximum absolute atomic E-state index is 13.4. The molecule has 0 bridgehead atoms. The van der Waals surface area contributed by atoms with Crippen molar-refractivity contribution in [2.24, 2.45) is 0 Å². The van der Waals surface area contributed by atoms with Crippen LogP contribution in [0.2, 0.25) is 0 Å². The van der Waals surface area contributed by atoms with Gasteiger partial charge in [-0.25, -0.2) is 0 Å². The second kappa shape index (κ2) is 5.84. The molecule has 3 aromatic rings. The van der Waals surface area contributed by atoms with Crippen molar-refractivity contribution in [3.8, 4) is 11.3 Å². The third-order valence-corrected chi connectivity index (χ3v) is 5.57. The first kappa shape index (κ1) is 15.4. The summed E-state index contributed by atoms with van der Waals surface area (Å²) in [4.78, 5) is 15.4. The number of rotatable bonds is 3. The van der Waals surface area contributed by atoms with E-state index in [2.05, 4.69) is 17.3 Å². The molecule has 2 aromatic carbocycles. The van der Waals surface area contributed by atoms with E-state index in [0.29, 0.717) is 0 Å². The Bertz CT molecular complexity index is 957. The molecule has 1 saturated carbocycles. The first-order chi connectivity index (χ1) is 12.8. The van der Waals surface area contributed by atoms with Crippen LogP contribution in [-0.4, -0.2) is 17.6 Å². The van der Waals surface area contributed by atoms with Crippen molar-refractivity contribution in [3.05, 3.63) is 71.9 Å². The molecule has 2 aliphatic rings. The Morgan fingerprint density at radius 3 is 2.62 bits per heavy atom. The minimum absolute atomic E-state index is 0.164. The van der Waals surface area contributed by atoms with Gasteiger partial charge in [0.1, 0.15) is 0 Å². The highest BCUT2D eigenvalue weighted by molar-refractivity contribution is 6.03. The second-order valence-corrected chi connectivity index (χ2v) is 7.21. The molecule has 130 valence electrons. The molecule has 1 fully saturated rings. The molecule has 2 heterocycles. The Morgan fingerprint density at radius 2 is 1.81 bits per heavy atom. The number of hydrogen-bond donors (Lipinski definition) is 0. The van der Waals surface area contributed by atoms with E-state index in [9.17, 15) is 4.79 Å². The van der Waals surface area contributed by atoms with Crippen LogP contribution < -0.4 is 4.90 Å². The van der Waals surface area contributed by atoms with E-state index in [1.807, 2.05) is 53.4 Å². The number of para-hydroxylation sites is 1. The molecule has 1 amide bonds. The van der Waals surface area contributed by atoms with Gasteiger partial charge in [0.2, 0.25) is 5.91 Å². The van der Waals surface area contributed by atoms with Gasteiger partial charge in [0.15, 0.2) is 5.76 Å². The molecule has 0 N–H and O–H groups in total. The maximum Gasteiger partial charge on any atom is 0.239 e.